The lowest BCUT2D eigenvalue weighted by molar-refractivity contribution is -0.870. The van der Waals surface area contributed by atoms with Crippen LogP contribution in [0.15, 0.2) is 0 Å². The van der Waals surface area contributed by atoms with E-state index >= 15 is 0 Å². The third-order valence-corrected chi connectivity index (χ3v) is 21.4. The summed E-state index contributed by atoms with van der Waals surface area (Å²) in [4.78, 5) is 24.1. The topological polar surface area (TPSA) is 94.2 Å². The van der Waals surface area contributed by atoms with Gasteiger partial charge in [0.05, 0.1) is 167 Å². The van der Waals surface area contributed by atoms with Crippen LogP contribution in [0.25, 0.3) is 0 Å². The monoisotopic (exact) mass is 2050 g/mol. The Morgan fingerprint density at radius 2 is 0.519 bits per heavy atom. The molecule has 0 bridgehead atoms. The van der Waals surface area contributed by atoms with E-state index in [0.29, 0.717) is 39.4 Å². The van der Waals surface area contributed by atoms with Crippen molar-refractivity contribution in [1.82, 2.24) is 49.0 Å². The van der Waals surface area contributed by atoms with E-state index in [1.165, 1.54) is 65.6 Å². The van der Waals surface area contributed by atoms with Gasteiger partial charge in [0.1, 0.15) is 6.29 Å². The van der Waals surface area contributed by atoms with Crippen molar-refractivity contribution in [2.45, 2.75) is 72.1 Å². The van der Waals surface area contributed by atoms with Gasteiger partial charge in [0.25, 0.3) is 0 Å². The highest BCUT2D eigenvalue weighted by Gasteiger charge is 2.33. The van der Waals surface area contributed by atoms with Gasteiger partial charge in [0, 0.05) is 209 Å². The summed E-state index contributed by atoms with van der Waals surface area (Å²) >= 11 is 0. The van der Waals surface area contributed by atoms with Crippen molar-refractivity contribution in [1.29, 1.82) is 0 Å². The molecule has 0 aromatic heterocycles. The Hall–Kier alpha value is -10.2. The minimum absolute atomic E-state index is 0. The van der Waals surface area contributed by atoms with Gasteiger partial charge in [-0.25, -0.2) is 0 Å². The standard InChI is InChI=1S/C72H45N6.C18H42N6.C16H39N2O5P2.4BrH/c1-10-13-16-19-22-25-28-31-34-37-40-43-46-49-52-55-64-76(4,5)67-58-61-73-70-74(62-59-68-77(6,7)65-56-53-50-47-44-41-38-35-32-29-26-23-20-17-14-11-2)72-75(71-73)63-60-69-78(8,9)66-57-54-51-48-45-42-39-36-33-30-27-24-21-18-15-12-3;1-19(2)10-7-13-22-16-23(14-8-11-20(3)4)18-24(17-22)15-9-12-21(5)6;1-8-14-24(19,22-9-2)15-17(12-11-13-18(4,5)6)16-25(20,21-7)23-10-3;;;;/h1-3H,58-63,67-72H2,4-9H3;7-18H2,1-6H3;8-16H2,1-7H3;4*1H/q+3;;+1;;;;/p-4. The van der Waals surface area contributed by atoms with Crippen molar-refractivity contribution < 1.29 is 109 Å². The SMILES string of the molecule is C#CC#CC#CC#CC#CC#CC#CC#CC#C[N+](C)(C)CCCN1CN(CCC[N+](C)(C)C#CC#CC#CC#CC#CC#CC#CC#CC#C)CN(CCC[N+](C)(C)C#CC#CC#CC#CC#CC#CC#CC#CC#C)C1.CCCP(=O)(CN(CCC[N+](C)(C)C)CP(=O)(OC)OCC)OCC.CN(C)CCCN1CN(CCCN(C)C)CN(CCCN(C)C)C1.[Br-].[Br-].[Br-].[Br-]. The van der Waals surface area contributed by atoms with Crippen LogP contribution in [0, 0.1) is 322 Å². The Kier molecular flexibility index (Phi) is 81.9. The second kappa shape index (κ2) is 82.9. The number of rotatable bonds is 39. The predicted octanol–water partition coefficient (Wildman–Crippen LogP) is -6.42. The molecular weight excluding hydrogens is 1930 g/mol. The molecule has 2 atom stereocenters. The molecule has 2 fully saturated rings. The molecule has 19 nitrogen and oxygen atoms in total. The summed E-state index contributed by atoms with van der Waals surface area (Å²) in [6.07, 6.45) is 24.3. The van der Waals surface area contributed by atoms with Crippen LogP contribution in [-0.4, -0.2) is 343 Å². The van der Waals surface area contributed by atoms with E-state index in [1.807, 2.05) is 18.7 Å². The minimum Gasteiger partial charge on any atom is -1.00 e. The van der Waals surface area contributed by atoms with Crippen molar-refractivity contribution in [2.24, 2.45) is 0 Å². The van der Waals surface area contributed by atoms with Crippen LogP contribution in [-0.2, 0) is 22.7 Å². The number of hydrogen-bond acceptors (Lipinski definition) is 15. The Morgan fingerprint density at radius 1 is 0.298 bits per heavy atom. The number of terminal acetylenes is 3. The summed E-state index contributed by atoms with van der Waals surface area (Å²) in [7, 11) is 27.2. The average Bonchev–Trinajstić information content (AvgIpc) is 0.841. The molecular formula is C106H126Br4N14O5P2. The second-order valence-corrected chi connectivity index (χ2v) is 36.3. The fourth-order valence-electron chi connectivity index (χ4n) is 11.4. The van der Waals surface area contributed by atoms with Crippen molar-refractivity contribution in [2.75, 3.05) is 276 Å². The van der Waals surface area contributed by atoms with Crippen molar-refractivity contribution in [3.8, 4) is 322 Å². The summed E-state index contributed by atoms with van der Waals surface area (Å²) in [6, 6.07) is 9.71. The second-order valence-electron chi connectivity index (χ2n) is 31.6. The Balaban J connectivity index is -0.000000807. The molecule has 0 spiro atoms. The van der Waals surface area contributed by atoms with Gasteiger partial charge < -0.3 is 101 Å². The Bertz CT molecular complexity index is 5020. The predicted molar refractivity (Wildman–Crippen MR) is 521 cm³/mol. The first-order valence-electron chi connectivity index (χ1n) is 41.6. The maximum Gasteiger partial charge on any atom is 0.344 e. The van der Waals surface area contributed by atoms with Crippen LogP contribution in [0.1, 0.15) is 72.1 Å². The number of quaternary nitrogens is 4. The summed E-state index contributed by atoms with van der Waals surface area (Å²) in [5, 5.41) is 0. The lowest BCUT2D eigenvalue weighted by Gasteiger charge is -2.43. The summed E-state index contributed by atoms with van der Waals surface area (Å²) in [5.41, 5.74) is 0. The molecule has 131 heavy (non-hydrogen) atoms. The van der Waals surface area contributed by atoms with Crippen LogP contribution < -0.4 is 67.9 Å². The molecule has 0 saturated carbocycles. The summed E-state index contributed by atoms with van der Waals surface area (Å²) in [5.74, 6) is 123. The van der Waals surface area contributed by atoms with E-state index in [4.69, 9.17) is 32.8 Å². The van der Waals surface area contributed by atoms with E-state index in [0.717, 1.165) is 122 Å². The van der Waals surface area contributed by atoms with Crippen molar-refractivity contribution in [3.63, 3.8) is 0 Å². The molecule has 0 amide bonds. The molecule has 0 N–H and O–H groups in total. The fourth-order valence-corrected chi connectivity index (χ4v) is 15.3. The van der Waals surface area contributed by atoms with Gasteiger partial charge in [0.2, 0.25) is 7.37 Å². The summed E-state index contributed by atoms with van der Waals surface area (Å²) < 4.78 is 44.2. The zero-order valence-electron chi connectivity index (χ0n) is 80.3. The van der Waals surface area contributed by atoms with E-state index in [9.17, 15) is 9.13 Å². The first-order valence-corrected chi connectivity index (χ1v) is 45.3. The quantitative estimate of drug-likeness (QED) is 0.0332. The maximum absolute atomic E-state index is 13.1. The minimum atomic E-state index is -3.22. The van der Waals surface area contributed by atoms with Gasteiger partial charge in [0.15, 0.2) is 18.1 Å². The third kappa shape index (κ3) is 82.7. The van der Waals surface area contributed by atoms with E-state index in [2.05, 4.69) is 452 Å². The highest BCUT2D eigenvalue weighted by Crippen LogP contribution is 2.52. The zero-order valence-corrected chi connectivity index (χ0v) is 88.4. The molecule has 688 valence electrons. The molecule has 2 aliphatic rings. The van der Waals surface area contributed by atoms with Crippen molar-refractivity contribution in [3.05, 3.63) is 0 Å². The van der Waals surface area contributed by atoms with Gasteiger partial charge in [-0.1, -0.05) is 6.92 Å². The molecule has 0 aliphatic carbocycles. The molecule has 2 heterocycles. The zero-order chi connectivity index (χ0) is 94.3. The average molecular weight is 2060 g/mol. The van der Waals surface area contributed by atoms with Crippen LogP contribution in [0.4, 0.5) is 0 Å². The van der Waals surface area contributed by atoms with Crippen molar-refractivity contribution >= 4 is 15.0 Å². The third-order valence-electron chi connectivity index (χ3n) is 16.8. The largest absolute Gasteiger partial charge is 1.00 e. The normalized spacial score (nSPS) is 12.1. The highest BCUT2D eigenvalue weighted by molar-refractivity contribution is 7.59. The van der Waals surface area contributed by atoms with Gasteiger partial charge >= 0.3 is 7.60 Å². The van der Waals surface area contributed by atoms with E-state index in [-0.39, 0.29) is 80.5 Å². The molecule has 0 radical (unpaired) electrons. The maximum atomic E-state index is 13.1. The van der Waals surface area contributed by atoms with E-state index in [1.54, 1.807) is 6.92 Å². The molecule has 2 saturated heterocycles. The lowest BCUT2D eigenvalue weighted by Crippen LogP contribution is -3.00. The molecule has 25 heteroatoms. The van der Waals surface area contributed by atoms with Gasteiger partial charge in [-0.05, 0) is 244 Å². The molecule has 2 unspecified atom stereocenters. The van der Waals surface area contributed by atoms with Crippen LogP contribution in [0.3, 0.4) is 0 Å². The van der Waals surface area contributed by atoms with Crippen LogP contribution in [0.2, 0.25) is 0 Å². The van der Waals surface area contributed by atoms with E-state index < -0.39 is 15.0 Å². The lowest BCUT2D eigenvalue weighted by atomic mass is 10.3. The smallest absolute Gasteiger partial charge is 0.344 e. The number of hydrogen-bond donors (Lipinski definition) is 0. The van der Waals surface area contributed by atoms with Crippen LogP contribution >= 0.6 is 15.0 Å². The first kappa shape index (κ1) is 129. The number of halogens is 4. The highest BCUT2D eigenvalue weighted by atomic mass is 79.9. The van der Waals surface area contributed by atoms with Crippen LogP contribution in [0.5, 0.6) is 0 Å². The molecule has 2 rings (SSSR count). The molecule has 0 aromatic rings. The Labute approximate surface area is 836 Å². The van der Waals surface area contributed by atoms with Gasteiger partial charge in [-0.3, -0.25) is 56.9 Å². The number of nitrogens with zero attached hydrogens (tertiary/aromatic N) is 14. The fraction of sp³-hybridized carbons (Fsp3) is 0.491. The summed E-state index contributed by atoms with van der Waals surface area (Å²) in [6.45, 7) is 26.3. The first-order chi connectivity index (χ1) is 60.8. The Morgan fingerprint density at radius 3 is 0.718 bits per heavy atom. The molecule has 0 aromatic carbocycles. The van der Waals surface area contributed by atoms with Gasteiger partial charge in [-0.15, -0.1) is 19.3 Å². The molecule has 2 aliphatic heterocycles. The van der Waals surface area contributed by atoms with Gasteiger partial charge in [-0.2, -0.15) is 0 Å².